The Kier molecular flexibility index (Phi) is 4.57. The van der Waals surface area contributed by atoms with Crippen molar-refractivity contribution in [3.8, 4) is 11.8 Å². The molecule has 2 atom stereocenters. The predicted octanol–water partition coefficient (Wildman–Crippen LogP) is 0.966. The predicted molar refractivity (Wildman–Crippen MR) is 75.6 cm³/mol. The molecule has 0 aliphatic carbocycles. The zero-order valence-electron chi connectivity index (χ0n) is 11.8. The minimum Gasteiger partial charge on any atom is -0.378 e. The molecule has 1 fully saturated rings. The molecule has 1 saturated heterocycles. The molecule has 0 aromatic carbocycles. The van der Waals surface area contributed by atoms with Crippen LogP contribution in [-0.2, 0) is 0 Å². The van der Waals surface area contributed by atoms with E-state index >= 15 is 0 Å². The van der Waals surface area contributed by atoms with Crippen LogP contribution in [0.3, 0.4) is 0 Å². The molecule has 1 unspecified atom stereocenters. The standard InChI is InChI=1S/C16H22N2O/c1-16(2,19)9-6-12-18-11-4-3-8-15(18)14-7-5-10-17-13-14/h5,7,10,13,15,19H,3-4,8,11-12H2,1-2H3/p+1/t15-/m0/s1. The smallest absolute Gasteiger partial charge is 0.139 e. The molecule has 3 nitrogen and oxygen atoms in total. The highest BCUT2D eigenvalue weighted by molar-refractivity contribution is 5.13. The van der Waals surface area contributed by atoms with Crippen molar-refractivity contribution in [2.24, 2.45) is 0 Å². The molecule has 0 amide bonds. The van der Waals surface area contributed by atoms with E-state index in [0.29, 0.717) is 6.04 Å². The third kappa shape index (κ3) is 4.34. The van der Waals surface area contributed by atoms with Crippen LogP contribution in [0.4, 0.5) is 0 Å². The lowest BCUT2D eigenvalue weighted by Crippen LogP contribution is -3.13. The maximum atomic E-state index is 9.64. The Hall–Kier alpha value is -1.37. The third-order valence-electron chi connectivity index (χ3n) is 3.53. The van der Waals surface area contributed by atoms with E-state index < -0.39 is 5.60 Å². The van der Waals surface area contributed by atoms with Gasteiger partial charge in [0.15, 0.2) is 0 Å². The van der Waals surface area contributed by atoms with Crippen LogP contribution in [-0.4, -0.2) is 28.8 Å². The van der Waals surface area contributed by atoms with E-state index in [9.17, 15) is 5.11 Å². The van der Waals surface area contributed by atoms with Crippen molar-refractivity contribution in [2.75, 3.05) is 13.1 Å². The molecule has 2 heterocycles. The monoisotopic (exact) mass is 259 g/mol. The first kappa shape index (κ1) is 14.0. The van der Waals surface area contributed by atoms with Gasteiger partial charge < -0.3 is 10.0 Å². The van der Waals surface area contributed by atoms with E-state index in [1.54, 1.807) is 13.8 Å². The maximum absolute atomic E-state index is 9.64. The highest BCUT2D eigenvalue weighted by Gasteiger charge is 2.26. The van der Waals surface area contributed by atoms with Gasteiger partial charge in [0.2, 0.25) is 0 Å². The van der Waals surface area contributed by atoms with E-state index in [4.69, 9.17) is 0 Å². The SMILES string of the molecule is CC(C)(O)C#CC[NH+]1CCCC[C@H]1c1cccnc1. The van der Waals surface area contributed by atoms with Crippen LogP contribution in [0.15, 0.2) is 24.5 Å². The number of likely N-dealkylation sites (tertiary alicyclic amines) is 1. The van der Waals surface area contributed by atoms with Gasteiger partial charge >= 0.3 is 0 Å². The van der Waals surface area contributed by atoms with Gasteiger partial charge in [-0.15, -0.1) is 0 Å². The van der Waals surface area contributed by atoms with Crippen LogP contribution in [0, 0.1) is 11.8 Å². The molecule has 1 aromatic heterocycles. The van der Waals surface area contributed by atoms with Crippen molar-refractivity contribution in [2.45, 2.75) is 44.8 Å². The first-order valence-electron chi connectivity index (χ1n) is 7.03. The molecule has 0 bridgehead atoms. The normalized spacial score (nSPS) is 23.5. The number of aromatic nitrogens is 1. The summed E-state index contributed by atoms with van der Waals surface area (Å²) in [4.78, 5) is 5.72. The Labute approximate surface area is 115 Å². The highest BCUT2D eigenvalue weighted by Crippen LogP contribution is 2.18. The van der Waals surface area contributed by atoms with Crippen molar-refractivity contribution in [3.63, 3.8) is 0 Å². The minimum absolute atomic E-state index is 0.499. The quantitative estimate of drug-likeness (QED) is 0.777. The summed E-state index contributed by atoms with van der Waals surface area (Å²) < 4.78 is 0. The van der Waals surface area contributed by atoms with Crippen LogP contribution in [0.5, 0.6) is 0 Å². The van der Waals surface area contributed by atoms with E-state index in [1.165, 1.54) is 29.7 Å². The summed E-state index contributed by atoms with van der Waals surface area (Å²) in [6.45, 7) is 5.40. The van der Waals surface area contributed by atoms with Gasteiger partial charge in [-0.1, -0.05) is 12.0 Å². The van der Waals surface area contributed by atoms with Crippen LogP contribution >= 0.6 is 0 Å². The van der Waals surface area contributed by atoms with Gasteiger partial charge in [-0.25, -0.2) is 0 Å². The third-order valence-corrected chi connectivity index (χ3v) is 3.53. The van der Waals surface area contributed by atoms with Crippen LogP contribution < -0.4 is 4.90 Å². The van der Waals surface area contributed by atoms with E-state index in [1.807, 2.05) is 18.5 Å². The second kappa shape index (κ2) is 6.18. The van der Waals surface area contributed by atoms with Gasteiger partial charge in [0.1, 0.15) is 18.2 Å². The van der Waals surface area contributed by atoms with Gasteiger partial charge in [0.25, 0.3) is 0 Å². The summed E-state index contributed by atoms with van der Waals surface area (Å²) in [5, 5.41) is 9.64. The second-order valence-corrected chi connectivity index (χ2v) is 5.78. The molecule has 3 heteroatoms. The minimum atomic E-state index is -0.890. The zero-order valence-corrected chi connectivity index (χ0v) is 11.8. The molecule has 0 spiro atoms. The molecule has 1 aromatic rings. The van der Waals surface area contributed by atoms with Crippen molar-refractivity contribution >= 4 is 0 Å². The number of hydrogen-bond donors (Lipinski definition) is 2. The van der Waals surface area contributed by atoms with Crippen molar-refractivity contribution in [1.82, 2.24) is 4.98 Å². The first-order valence-corrected chi connectivity index (χ1v) is 7.03. The molecule has 1 aliphatic rings. The number of aliphatic hydroxyl groups is 1. The summed E-state index contributed by atoms with van der Waals surface area (Å²) in [6, 6.07) is 4.66. The lowest BCUT2D eigenvalue weighted by atomic mass is 9.96. The number of pyridine rings is 1. The molecule has 2 N–H and O–H groups in total. The summed E-state index contributed by atoms with van der Waals surface area (Å²) in [7, 11) is 0. The lowest BCUT2D eigenvalue weighted by Gasteiger charge is -2.31. The number of hydrogen-bond acceptors (Lipinski definition) is 2. The lowest BCUT2D eigenvalue weighted by molar-refractivity contribution is -0.930. The Balaban J connectivity index is 2.06. The molecular weight excluding hydrogens is 236 g/mol. The fraction of sp³-hybridized carbons (Fsp3) is 0.562. The van der Waals surface area contributed by atoms with E-state index in [-0.39, 0.29) is 0 Å². The van der Waals surface area contributed by atoms with Gasteiger partial charge in [0, 0.05) is 24.4 Å². The molecule has 0 radical (unpaired) electrons. The molecule has 0 saturated carbocycles. The van der Waals surface area contributed by atoms with Crippen LogP contribution in [0.1, 0.15) is 44.7 Å². The zero-order chi connectivity index (χ0) is 13.7. The molecule has 2 rings (SSSR count). The summed E-state index contributed by atoms with van der Waals surface area (Å²) in [5.41, 5.74) is 0.418. The average molecular weight is 259 g/mol. The topological polar surface area (TPSA) is 37.6 Å². The van der Waals surface area contributed by atoms with Gasteiger partial charge in [0.05, 0.1) is 6.54 Å². The van der Waals surface area contributed by atoms with Crippen molar-refractivity contribution in [1.29, 1.82) is 0 Å². The number of nitrogens with zero attached hydrogens (tertiary/aromatic N) is 1. The van der Waals surface area contributed by atoms with E-state index in [0.717, 1.165) is 13.1 Å². The fourth-order valence-electron chi connectivity index (χ4n) is 2.65. The molecular formula is C16H23N2O+. The number of rotatable bonds is 2. The average Bonchev–Trinajstić information content (AvgIpc) is 2.39. The summed E-state index contributed by atoms with van der Waals surface area (Å²) >= 11 is 0. The van der Waals surface area contributed by atoms with Crippen molar-refractivity contribution in [3.05, 3.63) is 30.1 Å². The molecule has 102 valence electrons. The maximum Gasteiger partial charge on any atom is 0.139 e. The van der Waals surface area contributed by atoms with E-state index in [2.05, 4.69) is 22.9 Å². The Bertz CT molecular complexity index is 453. The Morgan fingerprint density at radius 1 is 1.47 bits per heavy atom. The summed E-state index contributed by atoms with van der Waals surface area (Å²) in [5.74, 6) is 6.05. The Morgan fingerprint density at radius 3 is 3.00 bits per heavy atom. The van der Waals surface area contributed by atoms with Crippen LogP contribution in [0.2, 0.25) is 0 Å². The first-order chi connectivity index (χ1) is 9.06. The fourth-order valence-corrected chi connectivity index (χ4v) is 2.65. The Morgan fingerprint density at radius 2 is 2.32 bits per heavy atom. The van der Waals surface area contributed by atoms with Crippen molar-refractivity contribution < 1.29 is 10.0 Å². The van der Waals surface area contributed by atoms with Crippen LogP contribution in [0.25, 0.3) is 0 Å². The number of piperidine rings is 1. The molecule has 1 aliphatic heterocycles. The van der Waals surface area contributed by atoms with Gasteiger partial charge in [-0.3, -0.25) is 4.98 Å². The van der Waals surface area contributed by atoms with Gasteiger partial charge in [-0.05, 0) is 38.7 Å². The highest BCUT2D eigenvalue weighted by atomic mass is 16.3. The number of quaternary nitrogens is 1. The van der Waals surface area contributed by atoms with Gasteiger partial charge in [-0.2, -0.15) is 0 Å². The number of nitrogens with one attached hydrogen (secondary N) is 1. The summed E-state index contributed by atoms with van der Waals surface area (Å²) in [6.07, 6.45) is 7.53. The second-order valence-electron chi connectivity index (χ2n) is 5.78. The molecule has 19 heavy (non-hydrogen) atoms. The largest absolute Gasteiger partial charge is 0.378 e.